The van der Waals surface area contributed by atoms with E-state index in [4.69, 9.17) is 4.74 Å². The van der Waals surface area contributed by atoms with Gasteiger partial charge >= 0.3 is 6.03 Å². The van der Waals surface area contributed by atoms with Crippen molar-refractivity contribution in [3.63, 3.8) is 0 Å². The monoisotopic (exact) mass is 413 g/mol. The molecule has 3 aliphatic rings. The fraction of sp³-hybridized carbons (Fsp3) is 0.421. The number of rotatable bonds is 1. The summed E-state index contributed by atoms with van der Waals surface area (Å²) in [5.74, 6) is -0.464. The molecule has 4 amide bonds. The van der Waals surface area contributed by atoms with Crippen LogP contribution in [0, 0.1) is 5.41 Å². The van der Waals surface area contributed by atoms with E-state index in [1.54, 1.807) is 12.4 Å². The predicted octanol–water partition coefficient (Wildman–Crippen LogP) is 1.10. The lowest BCUT2D eigenvalue weighted by atomic mass is 9.67. The lowest BCUT2D eigenvalue weighted by molar-refractivity contribution is -0.153. The van der Waals surface area contributed by atoms with E-state index in [0.717, 1.165) is 22.0 Å². The molecule has 5 heterocycles. The molecule has 29 heavy (non-hydrogen) atoms. The van der Waals surface area contributed by atoms with Gasteiger partial charge in [0.2, 0.25) is 11.8 Å². The van der Waals surface area contributed by atoms with Crippen LogP contribution >= 0.6 is 11.3 Å². The van der Waals surface area contributed by atoms with Crippen molar-refractivity contribution < 1.29 is 19.1 Å². The summed E-state index contributed by atoms with van der Waals surface area (Å²) in [7, 11) is 0. The zero-order valence-corrected chi connectivity index (χ0v) is 16.7. The minimum Gasteiger partial charge on any atom is -0.372 e. The summed E-state index contributed by atoms with van der Waals surface area (Å²) in [4.78, 5) is 48.9. The summed E-state index contributed by atoms with van der Waals surface area (Å²) < 4.78 is 5.98. The molecule has 5 rings (SSSR count). The summed E-state index contributed by atoms with van der Waals surface area (Å²) in [6.07, 6.45) is 3.11. The summed E-state index contributed by atoms with van der Waals surface area (Å²) in [5.41, 5.74) is 0.119. The number of barbiturate groups is 1. The number of pyridine rings is 1. The van der Waals surface area contributed by atoms with E-state index in [0.29, 0.717) is 6.54 Å². The van der Waals surface area contributed by atoms with Crippen LogP contribution in [-0.4, -0.2) is 52.6 Å². The first-order valence-electron chi connectivity index (χ1n) is 9.38. The van der Waals surface area contributed by atoms with Gasteiger partial charge in [-0.05, 0) is 25.5 Å². The van der Waals surface area contributed by atoms with Crippen molar-refractivity contribution in [1.82, 2.24) is 20.6 Å². The standard InChI is InChI=1S/C19H19N5O4S/c1-9-8-24-13(10(2)28-9)19(16(25)22-18(27)23-17(19)26)6-11-5-12(7-21-14(11)24)15-20-3-4-29-15/h3-5,7,9-10,13H,6,8H2,1-2H3,(H2,22,23,25,26,27)/t9-,10-,13+/m1/s1. The molecule has 0 bridgehead atoms. The first kappa shape index (κ1) is 18.2. The quantitative estimate of drug-likeness (QED) is 0.673. The number of hydrogen-bond donors (Lipinski definition) is 2. The summed E-state index contributed by atoms with van der Waals surface area (Å²) >= 11 is 1.49. The van der Waals surface area contributed by atoms with Crippen molar-refractivity contribution in [3.05, 3.63) is 29.4 Å². The molecule has 0 saturated carbocycles. The number of aromatic nitrogens is 2. The highest BCUT2D eigenvalue weighted by Crippen LogP contribution is 2.46. The fourth-order valence-corrected chi connectivity index (χ4v) is 5.41. The zero-order chi connectivity index (χ0) is 20.3. The highest BCUT2D eigenvalue weighted by Gasteiger charge is 2.63. The minimum atomic E-state index is -1.48. The molecular formula is C19H19N5O4S. The van der Waals surface area contributed by atoms with E-state index in [-0.39, 0.29) is 12.5 Å². The minimum absolute atomic E-state index is 0.0963. The second-order valence-electron chi connectivity index (χ2n) is 7.68. The number of ether oxygens (including phenoxy) is 1. The number of nitrogens with one attached hydrogen (secondary N) is 2. The first-order valence-corrected chi connectivity index (χ1v) is 10.3. The zero-order valence-electron chi connectivity index (χ0n) is 15.8. The number of fused-ring (bicyclic) bond motifs is 4. The van der Waals surface area contributed by atoms with Crippen LogP contribution in [0.1, 0.15) is 19.4 Å². The number of nitrogens with zero attached hydrogens (tertiary/aromatic N) is 3. The van der Waals surface area contributed by atoms with Gasteiger partial charge in [0.25, 0.3) is 0 Å². The number of imide groups is 2. The van der Waals surface area contributed by atoms with Crippen molar-refractivity contribution in [3.8, 4) is 10.6 Å². The lowest BCUT2D eigenvalue weighted by Gasteiger charge is -2.54. The van der Waals surface area contributed by atoms with E-state index in [1.807, 2.05) is 30.2 Å². The second kappa shape index (κ2) is 6.33. The van der Waals surface area contributed by atoms with Gasteiger partial charge in [-0.2, -0.15) is 0 Å². The molecule has 3 atom stereocenters. The lowest BCUT2D eigenvalue weighted by Crippen LogP contribution is -2.75. The Morgan fingerprint density at radius 3 is 2.66 bits per heavy atom. The molecule has 1 spiro atoms. The first-order chi connectivity index (χ1) is 13.9. The molecule has 2 aromatic heterocycles. The van der Waals surface area contributed by atoms with Gasteiger partial charge in [-0.1, -0.05) is 0 Å². The summed E-state index contributed by atoms with van der Waals surface area (Å²) in [5, 5.41) is 7.26. The Balaban J connectivity index is 1.69. The summed E-state index contributed by atoms with van der Waals surface area (Å²) in [6, 6.07) is 0.564. The van der Waals surface area contributed by atoms with Crippen LogP contribution in [0.3, 0.4) is 0 Å². The number of hydrogen-bond acceptors (Lipinski definition) is 8. The van der Waals surface area contributed by atoms with Crippen molar-refractivity contribution in [1.29, 1.82) is 0 Å². The van der Waals surface area contributed by atoms with Gasteiger partial charge in [0, 0.05) is 36.3 Å². The Morgan fingerprint density at radius 2 is 1.97 bits per heavy atom. The van der Waals surface area contributed by atoms with Gasteiger partial charge in [-0.15, -0.1) is 11.3 Å². The SMILES string of the molecule is C[C@@H]1CN2c3ncc(-c4nccs4)cc3CC3(C(=O)NC(=O)NC3=O)[C@@H]2[C@@H](C)O1. The maximum atomic E-state index is 13.1. The van der Waals surface area contributed by atoms with Crippen LogP contribution in [0.25, 0.3) is 10.6 Å². The smallest absolute Gasteiger partial charge is 0.328 e. The van der Waals surface area contributed by atoms with Gasteiger partial charge in [0.05, 0.1) is 18.2 Å². The number of anilines is 1. The third-order valence-corrected chi connectivity index (χ3v) is 6.64. The number of thiazole rings is 1. The van der Waals surface area contributed by atoms with E-state index >= 15 is 0 Å². The van der Waals surface area contributed by atoms with E-state index < -0.39 is 35.4 Å². The van der Waals surface area contributed by atoms with Gasteiger partial charge in [-0.25, -0.2) is 14.8 Å². The molecule has 9 nitrogen and oxygen atoms in total. The number of urea groups is 1. The predicted molar refractivity (Wildman–Crippen MR) is 104 cm³/mol. The third-order valence-electron chi connectivity index (χ3n) is 5.81. The largest absolute Gasteiger partial charge is 0.372 e. The van der Waals surface area contributed by atoms with Crippen LogP contribution in [0.2, 0.25) is 0 Å². The van der Waals surface area contributed by atoms with Crippen molar-refractivity contribution in [2.45, 2.75) is 38.5 Å². The molecule has 2 saturated heterocycles. The van der Waals surface area contributed by atoms with E-state index in [1.165, 1.54) is 11.3 Å². The molecule has 10 heteroatoms. The Hall–Kier alpha value is -2.85. The van der Waals surface area contributed by atoms with Gasteiger partial charge in [0.15, 0.2) is 5.41 Å². The van der Waals surface area contributed by atoms with Crippen molar-refractivity contribution in [2.24, 2.45) is 5.41 Å². The maximum absolute atomic E-state index is 13.1. The van der Waals surface area contributed by atoms with Crippen molar-refractivity contribution >= 4 is 35.0 Å². The third kappa shape index (κ3) is 2.59. The number of carbonyl (C=O) groups excluding carboxylic acids is 3. The molecule has 2 N–H and O–H groups in total. The molecule has 2 fully saturated rings. The van der Waals surface area contributed by atoms with Gasteiger partial charge in [0.1, 0.15) is 10.8 Å². The van der Waals surface area contributed by atoms with Crippen LogP contribution in [-0.2, 0) is 20.7 Å². The molecule has 0 aliphatic carbocycles. The number of morpholine rings is 1. The molecule has 150 valence electrons. The molecule has 2 aromatic rings. The van der Waals surface area contributed by atoms with Crippen molar-refractivity contribution in [2.75, 3.05) is 11.4 Å². The Kier molecular flexibility index (Phi) is 3.97. The van der Waals surface area contributed by atoms with Crippen LogP contribution in [0.5, 0.6) is 0 Å². The second-order valence-corrected chi connectivity index (χ2v) is 8.57. The van der Waals surface area contributed by atoms with Gasteiger partial charge in [-0.3, -0.25) is 20.2 Å². The van der Waals surface area contributed by atoms with Gasteiger partial charge < -0.3 is 9.64 Å². The normalized spacial score (nSPS) is 27.9. The van der Waals surface area contributed by atoms with E-state index in [2.05, 4.69) is 20.6 Å². The highest BCUT2D eigenvalue weighted by atomic mass is 32.1. The fourth-order valence-electron chi connectivity index (χ4n) is 4.79. The summed E-state index contributed by atoms with van der Waals surface area (Å²) in [6.45, 7) is 4.28. The molecule has 0 unspecified atom stereocenters. The average Bonchev–Trinajstić information content (AvgIpc) is 3.20. The van der Waals surface area contributed by atoms with Crippen LogP contribution in [0.15, 0.2) is 23.8 Å². The average molecular weight is 413 g/mol. The molecule has 3 aliphatic heterocycles. The Labute approximate surface area is 170 Å². The number of carbonyl (C=O) groups is 3. The Bertz CT molecular complexity index is 1000. The molecular weight excluding hydrogens is 394 g/mol. The topological polar surface area (TPSA) is 114 Å². The van der Waals surface area contributed by atoms with Crippen LogP contribution < -0.4 is 15.5 Å². The van der Waals surface area contributed by atoms with E-state index in [9.17, 15) is 14.4 Å². The Morgan fingerprint density at radius 1 is 1.21 bits per heavy atom. The molecule has 0 aromatic carbocycles. The van der Waals surface area contributed by atoms with Crippen LogP contribution in [0.4, 0.5) is 10.6 Å². The highest BCUT2D eigenvalue weighted by molar-refractivity contribution is 7.13. The molecule has 0 radical (unpaired) electrons. The number of amides is 4. The maximum Gasteiger partial charge on any atom is 0.328 e.